The lowest BCUT2D eigenvalue weighted by atomic mass is 10.1. The number of aryl methyl sites for hydroxylation is 2. The molecule has 1 N–H and O–H groups in total. The molecule has 0 saturated carbocycles. The van der Waals surface area contributed by atoms with Crippen LogP contribution < -0.4 is 10.3 Å². The summed E-state index contributed by atoms with van der Waals surface area (Å²) < 4.78 is 24.6. The number of ether oxygens (including phenoxy) is 1. The normalized spacial score (nSPS) is 11.2. The summed E-state index contributed by atoms with van der Waals surface area (Å²) in [6, 6.07) is 11.0. The fourth-order valence-corrected chi connectivity index (χ4v) is 2.71. The zero-order valence-electron chi connectivity index (χ0n) is 13.9. The number of hydrogen-bond donors (Lipinski definition) is 1. The van der Waals surface area contributed by atoms with Gasteiger partial charge in [-0.2, -0.15) is 0 Å². The minimum atomic E-state index is -0.313. The maximum absolute atomic E-state index is 13.1. The van der Waals surface area contributed by atoms with Gasteiger partial charge in [-0.1, -0.05) is 0 Å². The quantitative estimate of drug-likeness (QED) is 0.595. The van der Waals surface area contributed by atoms with Crippen molar-refractivity contribution in [1.82, 2.24) is 19.8 Å². The second-order valence-electron chi connectivity index (χ2n) is 5.79. The molecule has 0 unspecified atom stereocenters. The van der Waals surface area contributed by atoms with Crippen molar-refractivity contribution in [1.29, 1.82) is 0 Å². The molecule has 1 aromatic carbocycles. The van der Waals surface area contributed by atoms with E-state index in [2.05, 4.69) is 15.2 Å². The average molecular weight is 354 g/mol. The van der Waals surface area contributed by atoms with Crippen molar-refractivity contribution >= 4 is 5.65 Å². The maximum Gasteiger partial charge on any atom is 0.272 e. The van der Waals surface area contributed by atoms with E-state index in [4.69, 9.17) is 9.26 Å². The van der Waals surface area contributed by atoms with Crippen LogP contribution in [0.15, 0.2) is 51.8 Å². The largest absolute Gasteiger partial charge is 0.479 e. The zero-order chi connectivity index (χ0) is 18.1. The SMILES string of the molecule is COc1cc(CCc2cc(=O)n3[nH]c(-c4ccc(F)cc4)cc3n2)on1. The molecule has 0 fully saturated rings. The van der Waals surface area contributed by atoms with Crippen molar-refractivity contribution in [2.75, 3.05) is 7.11 Å². The molecule has 132 valence electrons. The van der Waals surface area contributed by atoms with Crippen molar-refractivity contribution in [3.8, 4) is 17.1 Å². The van der Waals surface area contributed by atoms with Crippen LogP contribution in [0.3, 0.4) is 0 Å². The van der Waals surface area contributed by atoms with Crippen molar-refractivity contribution in [3.63, 3.8) is 0 Å². The van der Waals surface area contributed by atoms with E-state index >= 15 is 0 Å². The second kappa shape index (κ2) is 6.47. The summed E-state index contributed by atoms with van der Waals surface area (Å²) in [5.41, 5.74) is 2.39. The highest BCUT2D eigenvalue weighted by molar-refractivity contribution is 5.63. The van der Waals surface area contributed by atoms with Gasteiger partial charge in [-0.15, -0.1) is 0 Å². The fraction of sp³-hybridized carbons (Fsp3) is 0.167. The van der Waals surface area contributed by atoms with Crippen LogP contribution in [-0.4, -0.2) is 26.9 Å². The molecular formula is C18H15FN4O3. The number of benzene rings is 1. The van der Waals surface area contributed by atoms with Crippen LogP contribution >= 0.6 is 0 Å². The lowest BCUT2D eigenvalue weighted by Gasteiger charge is -1.99. The first kappa shape index (κ1) is 16.1. The van der Waals surface area contributed by atoms with Gasteiger partial charge in [0.15, 0.2) is 5.65 Å². The van der Waals surface area contributed by atoms with Crippen LogP contribution in [0.2, 0.25) is 0 Å². The maximum atomic E-state index is 13.1. The molecule has 0 aliphatic heterocycles. The van der Waals surface area contributed by atoms with Gasteiger partial charge >= 0.3 is 0 Å². The molecule has 0 aliphatic rings. The second-order valence-corrected chi connectivity index (χ2v) is 5.79. The minimum absolute atomic E-state index is 0.214. The summed E-state index contributed by atoms with van der Waals surface area (Å²) in [7, 11) is 1.52. The predicted octanol–water partition coefficient (Wildman–Crippen LogP) is 2.61. The van der Waals surface area contributed by atoms with Crippen molar-refractivity contribution < 1.29 is 13.7 Å². The van der Waals surface area contributed by atoms with E-state index in [9.17, 15) is 9.18 Å². The molecule has 0 spiro atoms. The average Bonchev–Trinajstić information content (AvgIpc) is 3.27. The molecule has 3 heterocycles. The number of H-pyrrole nitrogens is 1. The van der Waals surface area contributed by atoms with Gasteiger partial charge in [0.05, 0.1) is 12.8 Å². The Bertz CT molecular complexity index is 1110. The summed E-state index contributed by atoms with van der Waals surface area (Å²) >= 11 is 0. The van der Waals surface area contributed by atoms with E-state index in [0.717, 1.165) is 5.56 Å². The van der Waals surface area contributed by atoms with Gasteiger partial charge in [-0.3, -0.25) is 9.89 Å². The molecule has 8 heteroatoms. The summed E-state index contributed by atoms with van der Waals surface area (Å²) in [4.78, 5) is 16.8. The number of aromatic nitrogens is 4. The Balaban J connectivity index is 1.61. The molecule has 0 bridgehead atoms. The third-order valence-corrected chi connectivity index (χ3v) is 4.03. The number of rotatable bonds is 5. The Labute approximate surface area is 147 Å². The molecular weight excluding hydrogens is 339 g/mol. The van der Waals surface area contributed by atoms with E-state index in [-0.39, 0.29) is 11.4 Å². The Hall–Kier alpha value is -3.42. The van der Waals surface area contributed by atoms with E-state index in [1.807, 2.05) is 0 Å². The Morgan fingerprint density at radius 3 is 2.73 bits per heavy atom. The lowest BCUT2D eigenvalue weighted by Crippen LogP contribution is -2.15. The molecule has 26 heavy (non-hydrogen) atoms. The standard InChI is InChI=1S/C18H15FN4O3/c1-25-17-9-14(26-22-17)7-6-13-8-18(24)23-16(20-13)10-15(21-23)11-2-4-12(19)5-3-11/h2-5,8-10,21H,6-7H2,1H3. The highest BCUT2D eigenvalue weighted by Crippen LogP contribution is 2.19. The van der Waals surface area contributed by atoms with Crippen LogP contribution in [0, 0.1) is 5.82 Å². The molecule has 0 saturated heterocycles. The van der Waals surface area contributed by atoms with Gasteiger partial charge in [-0.25, -0.2) is 13.9 Å². The van der Waals surface area contributed by atoms with Gasteiger partial charge in [0.25, 0.3) is 11.4 Å². The number of fused-ring (bicyclic) bond motifs is 1. The number of hydrogen-bond acceptors (Lipinski definition) is 5. The fourth-order valence-electron chi connectivity index (χ4n) is 2.71. The molecule has 4 rings (SSSR count). The number of nitrogens with zero attached hydrogens (tertiary/aromatic N) is 3. The number of halogens is 1. The first-order valence-corrected chi connectivity index (χ1v) is 7.99. The molecule has 3 aromatic heterocycles. The van der Waals surface area contributed by atoms with E-state index < -0.39 is 0 Å². The number of methoxy groups -OCH3 is 1. The Kier molecular flexibility index (Phi) is 4.00. The van der Waals surface area contributed by atoms with E-state index in [0.29, 0.717) is 41.5 Å². The van der Waals surface area contributed by atoms with Gasteiger partial charge in [0.2, 0.25) is 0 Å². The summed E-state index contributed by atoms with van der Waals surface area (Å²) in [6.45, 7) is 0. The van der Waals surface area contributed by atoms with Crippen LogP contribution in [0.4, 0.5) is 4.39 Å². The van der Waals surface area contributed by atoms with Crippen LogP contribution in [0.25, 0.3) is 16.9 Å². The van der Waals surface area contributed by atoms with Gasteiger partial charge < -0.3 is 9.26 Å². The zero-order valence-corrected chi connectivity index (χ0v) is 13.9. The Morgan fingerprint density at radius 2 is 2.00 bits per heavy atom. The molecule has 0 atom stereocenters. The van der Waals surface area contributed by atoms with Crippen LogP contribution in [-0.2, 0) is 12.8 Å². The first-order valence-electron chi connectivity index (χ1n) is 7.99. The first-order chi connectivity index (χ1) is 12.6. The Morgan fingerprint density at radius 1 is 1.19 bits per heavy atom. The predicted molar refractivity (Wildman–Crippen MR) is 91.7 cm³/mol. The third-order valence-electron chi connectivity index (χ3n) is 4.03. The van der Waals surface area contributed by atoms with Gasteiger partial charge in [-0.05, 0) is 41.4 Å². The molecule has 0 aliphatic carbocycles. The van der Waals surface area contributed by atoms with Crippen molar-refractivity contribution in [2.45, 2.75) is 12.8 Å². The van der Waals surface area contributed by atoms with Gasteiger partial charge in [0, 0.05) is 30.3 Å². The molecule has 7 nitrogen and oxygen atoms in total. The van der Waals surface area contributed by atoms with Crippen molar-refractivity contribution in [2.24, 2.45) is 0 Å². The van der Waals surface area contributed by atoms with E-state index in [1.165, 1.54) is 29.8 Å². The molecule has 4 aromatic rings. The number of nitrogens with one attached hydrogen (secondary N) is 1. The van der Waals surface area contributed by atoms with Gasteiger partial charge in [0.1, 0.15) is 11.6 Å². The minimum Gasteiger partial charge on any atom is -0.479 e. The summed E-state index contributed by atoms with van der Waals surface area (Å²) in [6.07, 6.45) is 1.08. The summed E-state index contributed by atoms with van der Waals surface area (Å²) in [5.74, 6) is 0.759. The highest BCUT2D eigenvalue weighted by Gasteiger charge is 2.10. The lowest BCUT2D eigenvalue weighted by molar-refractivity contribution is 0.326. The van der Waals surface area contributed by atoms with Crippen LogP contribution in [0.1, 0.15) is 11.5 Å². The summed E-state index contributed by atoms with van der Waals surface area (Å²) in [5, 5.41) is 6.73. The molecule has 0 amide bonds. The third kappa shape index (κ3) is 3.08. The van der Waals surface area contributed by atoms with Crippen LogP contribution in [0.5, 0.6) is 5.88 Å². The topological polar surface area (TPSA) is 85.4 Å². The highest BCUT2D eigenvalue weighted by atomic mass is 19.1. The number of aromatic amines is 1. The molecule has 0 radical (unpaired) electrons. The van der Waals surface area contributed by atoms with Crippen molar-refractivity contribution in [3.05, 3.63) is 70.1 Å². The van der Waals surface area contributed by atoms with E-state index in [1.54, 1.807) is 24.3 Å². The monoisotopic (exact) mass is 354 g/mol. The smallest absolute Gasteiger partial charge is 0.272 e.